The Labute approximate surface area is 118 Å². The van der Waals surface area contributed by atoms with Crippen LogP contribution in [0.15, 0.2) is 30.3 Å². The summed E-state index contributed by atoms with van der Waals surface area (Å²) in [5.41, 5.74) is 0.169. The van der Waals surface area contributed by atoms with E-state index in [9.17, 15) is 13.2 Å². The molecule has 0 unspecified atom stereocenters. The van der Waals surface area contributed by atoms with E-state index in [-0.39, 0.29) is 11.6 Å². The monoisotopic (exact) mass is 301 g/mol. The number of hydrogen-bond acceptors (Lipinski definition) is 3. The number of hydrogen-bond donors (Lipinski definition) is 1. The summed E-state index contributed by atoms with van der Waals surface area (Å²) in [6.07, 6.45) is -4.48. The summed E-state index contributed by atoms with van der Waals surface area (Å²) in [5.74, 6) is -0.0488. The lowest BCUT2D eigenvalue weighted by Gasteiger charge is -2.10. The average molecular weight is 302 g/mol. The van der Waals surface area contributed by atoms with Gasteiger partial charge < -0.3 is 5.32 Å². The number of benzene rings is 1. The van der Waals surface area contributed by atoms with Gasteiger partial charge in [-0.2, -0.15) is 13.2 Å². The Balaban J connectivity index is 2.13. The summed E-state index contributed by atoms with van der Waals surface area (Å²) in [6.45, 7) is 1.81. The third-order valence-electron chi connectivity index (χ3n) is 2.51. The van der Waals surface area contributed by atoms with E-state index in [2.05, 4.69) is 15.3 Å². The Hall–Kier alpha value is -1.82. The molecule has 1 aromatic carbocycles. The summed E-state index contributed by atoms with van der Waals surface area (Å²) in [6, 6.07) is 7.87. The zero-order valence-corrected chi connectivity index (χ0v) is 11.3. The van der Waals surface area contributed by atoms with Crippen LogP contribution in [0.3, 0.4) is 0 Å². The molecule has 0 fully saturated rings. The van der Waals surface area contributed by atoms with Gasteiger partial charge >= 0.3 is 6.18 Å². The maximum atomic E-state index is 12.6. The van der Waals surface area contributed by atoms with Crippen molar-refractivity contribution in [3.63, 3.8) is 0 Å². The summed E-state index contributed by atoms with van der Waals surface area (Å²) in [7, 11) is 0. The van der Waals surface area contributed by atoms with E-state index >= 15 is 0 Å². The first-order valence-electron chi connectivity index (χ1n) is 5.76. The fraction of sp³-hybridized carbons (Fsp3) is 0.231. The number of anilines is 1. The molecule has 1 N–H and O–H groups in total. The van der Waals surface area contributed by atoms with Crippen LogP contribution in [0, 0.1) is 6.92 Å². The van der Waals surface area contributed by atoms with Gasteiger partial charge in [-0.15, -0.1) is 0 Å². The predicted molar refractivity (Wildman–Crippen MR) is 70.5 cm³/mol. The molecule has 0 aliphatic rings. The zero-order chi connectivity index (χ0) is 14.8. The second-order valence-electron chi connectivity index (χ2n) is 4.20. The Bertz CT molecular complexity index is 597. The van der Waals surface area contributed by atoms with E-state index in [1.54, 1.807) is 24.3 Å². The van der Waals surface area contributed by atoms with Crippen molar-refractivity contribution in [1.82, 2.24) is 9.97 Å². The lowest BCUT2D eigenvalue weighted by Crippen LogP contribution is -2.12. The van der Waals surface area contributed by atoms with Crippen molar-refractivity contribution in [3.05, 3.63) is 52.3 Å². The average Bonchev–Trinajstić information content (AvgIpc) is 2.36. The Morgan fingerprint density at radius 1 is 1.15 bits per heavy atom. The molecule has 2 aromatic rings. The number of rotatable bonds is 3. The van der Waals surface area contributed by atoms with Gasteiger partial charge in [0.05, 0.1) is 0 Å². The molecule has 0 aliphatic carbocycles. The highest BCUT2D eigenvalue weighted by molar-refractivity contribution is 6.30. The summed E-state index contributed by atoms with van der Waals surface area (Å²) >= 11 is 5.75. The van der Waals surface area contributed by atoms with Crippen molar-refractivity contribution in [2.75, 3.05) is 5.32 Å². The minimum atomic E-state index is -4.48. The van der Waals surface area contributed by atoms with Crippen LogP contribution in [0.4, 0.5) is 19.1 Å². The Morgan fingerprint density at radius 3 is 2.40 bits per heavy atom. The van der Waals surface area contributed by atoms with E-state index in [0.717, 1.165) is 11.6 Å². The summed E-state index contributed by atoms with van der Waals surface area (Å²) in [4.78, 5) is 7.40. The maximum absolute atomic E-state index is 12.6. The fourth-order valence-electron chi connectivity index (χ4n) is 1.58. The number of aryl methyl sites for hydroxylation is 1. The molecule has 20 heavy (non-hydrogen) atoms. The molecule has 1 aromatic heterocycles. The molecule has 106 valence electrons. The first kappa shape index (κ1) is 14.6. The standard InChI is InChI=1S/C13H11ClF3N3/c1-8-6-11(13(15,16)17)20-12(19-8)18-7-9-2-4-10(14)5-3-9/h2-6H,7H2,1H3,(H,18,19,20). The summed E-state index contributed by atoms with van der Waals surface area (Å²) < 4.78 is 37.9. The van der Waals surface area contributed by atoms with Crippen molar-refractivity contribution in [3.8, 4) is 0 Å². The molecule has 0 spiro atoms. The molecule has 0 bridgehead atoms. The van der Waals surface area contributed by atoms with Crippen molar-refractivity contribution in [2.45, 2.75) is 19.6 Å². The van der Waals surface area contributed by atoms with Crippen LogP contribution in [0.1, 0.15) is 17.0 Å². The van der Waals surface area contributed by atoms with E-state index in [1.165, 1.54) is 6.92 Å². The van der Waals surface area contributed by atoms with Gasteiger partial charge in [-0.05, 0) is 30.7 Å². The van der Waals surface area contributed by atoms with Gasteiger partial charge in [0.25, 0.3) is 0 Å². The molecule has 0 saturated carbocycles. The van der Waals surface area contributed by atoms with Crippen molar-refractivity contribution < 1.29 is 13.2 Å². The van der Waals surface area contributed by atoms with E-state index in [1.807, 2.05) is 0 Å². The second kappa shape index (κ2) is 5.66. The highest BCUT2D eigenvalue weighted by Crippen LogP contribution is 2.28. The number of alkyl halides is 3. The molecule has 0 atom stereocenters. The van der Waals surface area contributed by atoms with Gasteiger partial charge in [0, 0.05) is 17.3 Å². The summed E-state index contributed by atoms with van der Waals surface area (Å²) in [5, 5.41) is 3.37. The number of halogens is 4. The topological polar surface area (TPSA) is 37.8 Å². The van der Waals surface area contributed by atoms with E-state index in [4.69, 9.17) is 11.6 Å². The largest absolute Gasteiger partial charge is 0.433 e. The first-order valence-corrected chi connectivity index (χ1v) is 6.13. The molecular weight excluding hydrogens is 291 g/mol. The Morgan fingerprint density at radius 2 is 1.80 bits per heavy atom. The minimum absolute atomic E-state index is 0.0488. The molecular formula is C13H11ClF3N3. The second-order valence-corrected chi connectivity index (χ2v) is 4.63. The molecule has 3 nitrogen and oxygen atoms in total. The molecule has 0 aliphatic heterocycles. The van der Waals surface area contributed by atoms with Crippen LogP contribution < -0.4 is 5.32 Å². The number of aromatic nitrogens is 2. The maximum Gasteiger partial charge on any atom is 0.433 e. The molecule has 0 saturated heterocycles. The molecule has 2 rings (SSSR count). The third-order valence-corrected chi connectivity index (χ3v) is 2.76. The lowest BCUT2D eigenvalue weighted by atomic mass is 10.2. The lowest BCUT2D eigenvalue weighted by molar-refractivity contribution is -0.141. The van der Waals surface area contributed by atoms with Gasteiger partial charge in [-0.3, -0.25) is 0 Å². The normalized spacial score (nSPS) is 11.4. The van der Waals surface area contributed by atoms with Gasteiger partial charge in [-0.1, -0.05) is 23.7 Å². The van der Waals surface area contributed by atoms with Crippen LogP contribution >= 0.6 is 11.6 Å². The fourth-order valence-corrected chi connectivity index (χ4v) is 1.70. The highest BCUT2D eigenvalue weighted by atomic mass is 35.5. The molecule has 0 radical (unpaired) electrons. The van der Waals surface area contributed by atoms with Crippen LogP contribution in [0.25, 0.3) is 0 Å². The third kappa shape index (κ3) is 3.84. The van der Waals surface area contributed by atoms with Crippen LogP contribution in [0.2, 0.25) is 5.02 Å². The van der Waals surface area contributed by atoms with E-state index < -0.39 is 11.9 Å². The predicted octanol–water partition coefficient (Wildman–Crippen LogP) is 4.07. The highest BCUT2D eigenvalue weighted by Gasteiger charge is 2.33. The van der Waals surface area contributed by atoms with Gasteiger partial charge in [0.1, 0.15) is 5.69 Å². The van der Waals surface area contributed by atoms with Crippen LogP contribution in [-0.2, 0) is 12.7 Å². The molecule has 7 heteroatoms. The van der Waals surface area contributed by atoms with E-state index in [0.29, 0.717) is 11.6 Å². The first-order chi connectivity index (χ1) is 9.34. The molecule has 1 heterocycles. The number of nitrogens with zero attached hydrogens (tertiary/aromatic N) is 2. The minimum Gasteiger partial charge on any atom is -0.350 e. The smallest absolute Gasteiger partial charge is 0.350 e. The Kier molecular flexibility index (Phi) is 4.13. The zero-order valence-electron chi connectivity index (χ0n) is 10.5. The van der Waals surface area contributed by atoms with Gasteiger partial charge in [-0.25, -0.2) is 9.97 Å². The number of nitrogens with one attached hydrogen (secondary N) is 1. The molecule has 0 amide bonds. The van der Waals surface area contributed by atoms with Crippen LogP contribution in [-0.4, -0.2) is 9.97 Å². The van der Waals surface area contributed by atoms with Gasteiger partial charge in [0.15, 0.2) is 0 Å². The quantitative estimate of drug-likeness (QED) is 0.928. The SMILES string of the molecule is Cc1cc(C(F)(F)F)nc(NCc2ccc(Cl)cc2)n1. The van der Waals surface area contributed by atoms with Crippen LogP contribution in [0.5, 0.6) is 0 Å². The van der Waals surface area contributed by atoms with Crippen molar-refractivity contribution in [2.24, 2.45) is 0 Å². The van der Waals surface area contributed by atoms with Crippen molar-refractivity contribution in [1.29, 1.82) is 0 Å². The van der Waals surface area contributed by atoms with Gasteiger partial charge in [0.2, 0.25) is 5.95 Å². The van der Waals surface area contributed by atoms with Crippen molar-refractivity contribution >= 4 is 17.5 Å².